The molecule has 1 N–H and O–H groups in total. The maximum absolute atomic E-state index is 9.68. The number of hydrogen-bond donors (Lipinski definition) is 1. The summed E-state index contributed by atoms with van der Waals surface area (Å²) in [7, 11) is 0. The molecule has 0 radical (unpaired) electrons. The summed E-state index contributed by atoms with van der Waals surface area (Å²) in [5.74, 6) is 0.588. The van der Waals surface area contributed by atoms with E-state index in [2.05, 4.69) is 45.7 Å². The molecule has 0 saturated heterocycles. The number of benzene rings is 2. The van der Waals surface area contributed by atoms with Crippen LogP contribution in [-0.2, 0) is 0 Å². The summed E-state index contributed by atoms with van der Waals surface area (Å²) in [6, 6.07) is 20.5. The lowest BCUT2D eigenvalue weighted by atomic mass is 10.2. The summed E-state index contributed by atoms with van der Waals surface area (Å²) >= 11 is 0. The van der Waals surface area contributed by atoms with Gasteiger partial charge in [-0.1, -0.05) is 18.2 Å². The van der Waals surface area contributed by atoms with Gasteiger partial charge in [-0.25, -0.2) is 4.98 Å². The van der Waals surface area contributed by atoms with Gasteiger partial charge in [-0.2, -0.15) is 5.26 Å². The van der Waals surface area contributed by atoms with Crippen LogP contribution in [0.4, 0.5) is 0 Å². The van der Waals surface area contributed by atoms with E-state index in [0.717, 1.165) is 28.0 Å². The van der Waals surface area contributed by atoms with Gasteiger partial charge in [0, 0.05) is 17.6 Å². The third-order valence-corrected chi connectivity index (χ3v) is 4.37. The molecule has 0 spiro atoms. The number of nitriles is 1. The van der Waals surface area contributed by atoms with Crippen molar-refractivity contribution < 1.29 is 0 Å². The fourth-order valence-corrected chi connectivity index (χ4v) is 3.08. The first kappa shape index (κ1) is 15.9. The predicted octanol–water partition coefficient (Wildman–Crippen LogP) is 5.03. The molecular formula is C22H18N4. The Morgan fingerprint density at radius 2 is 1.92 bits per heavy atom. The minimum Gasteiger partial charge on any atom is -0.337 e. The van der Waals surface area contributed by atoms with Gasteiger partial charge in [-0.3, -0.25) is 0 Å². The number of aromatic nitrogens is 3. The Balaban J connectivity index is 1.79. The highest BCUT2D eigenvalue weighted by Crippen LogP contribution is 2.22. The fourth-order valence-electron chi connectivity index (χ4n) is 3.08. The second-order valence-electron chi connectivity index (χ2n) is 6.42. The number of H-pyrrole nitrogens is 1. The van der Waals surface area contributed by atoms with Crippen molar-refractivity contribution in [2.45, 2.75) is 13.8 Å². The molecule has 2 heterocycles. The minimum atomic E-state index is 0.506. The number of fused-ring (bicyclic) bond motifs is 1. The Hall–Kier alpha value is -3.58. The summed E-state index contributed by atoms with van der Waals surface area (Å²) < 4.78 is 2.07. The van der Waals surface area contributed by atoms with Gasteiger partial charge in [0.25, 0.3) is 0 Å². The van der Waals surface area contributed by atoms with E-state index in [0.29, 0.717) is 11.4 Å². The average Bonchev–Trinajstić information content (AvgIpc) is 3.25. The van der Waals surface area contributed by atoms with Crippen LogP contribution in [0.2, 0.25) is 0 Å². The summed E-state index contributed by atoms with van der Waals surface area (Å²) in [5, 5.41) is 9.68. The molecule has 0 atom stereocenters. The first-order valence-electron chi connectivity index (χ1n) is 8.47. The van der Waals surface area contributed by atoms with E-state index < -0.39 is 0 Å². The zero-order chi connectivity index (χ0) is 18.1. The molecule has 4 rings (SSSR count). The molecule has 0 fully saturated rings. The van der Waals surface area contributed by atoms with Crippen molar-refractivity contribution in [2.24, 2.45) is 0 Å². The van der Waals surface area contributed by atoms with E-state index in [1.54, 1.807) is 0 Å². The number of aryl methyl sites for hydroxylation is 2. The largest absolute Gasteiger partial charge is 0.337 e. The van der Waals surface area contributed by atoms with Crippen LogP contribution in [0.15, 0.2) is 60.8 Å². The number of imidazole rings is 1. The van der Waals surface area contributed by atoms with Gasteiger partial charge in [0.15, 0.2) is 0 Å². The van der Waals surface area contributed by atoms with Gasteiger partial charge in [0.05, 0.1) is 16.6 Å². The van der Waals surface area contributed by atoms with Crippen LogP contribution >= 0.6 is 0 Å². The van der Waals surface area contributed by atoms with Gasteiger partial charge >= 0.3 is 0 Å². The van der Waals surface area contributed by atoms with E-state index in [4.69, 9.17) is 0 Å². The van der Waals surface area contributed by atoms with E-state index in [9.17, 15) is 5.26 Å². The molecule has 126 valence electrons. The molecule has 2 aromatic carbocycles. The molecule has 4 aromatic rings. The maximum Gasteiger partial charge on any atom is 0.149 e. The van der Waals surface area contributed by atoms with Crippen LogP contribution in [0, 0.1) is 25.2 Å². The van der Waals surface area contributed by atoms with Crippen LogP contribution in [0.1, 0.15) is 22.6 Å². The van der Waals surface area contributed by atoms with Crippen LogP contribution in [0.25, 0.3) is 28.4 Å². The Morgan fingerprint density at radius 3 is 2.73 bits per heavy atom. The third-order valence-electron chi connectivity index (χ3n) is 4.37. The second-order valence-corrected chi connectivity index (χ2v) is 6.42. The highest BCUT2D eigenvalue weighted by Gasteiger charge is 2.10. The topological polar surface area (TPSA) is 57.4 Å². The number of nitrogens with one attached hydrogen (secondary N) is 1. The molecule has 0 aliphatic heterocycles. The van der Waals surface area contributed by atoms with Gasteiger partial charge in [-0.05, 0) is 67.4 Å². The first-order valence-corrected chi connectivity index (χ1v) is 8.47. The summed E-state index contributed by atoms with van der Waals surface area (Å²) in [6.45, 7) is 4.11. The van der Waals surface area contributed by atoms with Crippen molar-refractivity contribution in [1.29, 1.82) is 5.26 Å². The van der Waals surface area contributed by atoms with Crippen molar-refractivity contribution in [3.63, 3.8) is 0 Å². The Labute approximate surface area is 152 Å². The van der Waals surface area contributed by atoms with Crippen LogP contribution in [-0.4, -0.2) is 14.5 Å². The van der Waals surface area contributed by atoms with Crippen molar-refractivity contribution >= 4 is 22.7 Å². The quantitative estimate of drug-likeness (QED) is 0.532. The Morgan fingerprint density at radius 1 is 1.08 bits per heavy atom. The van der Waals surface area contributed by atoms with Gasteiger partial charge in [-0.15, -0.1) is 0 Å². The zero-order valence-corrected chi connectivity index (χ0v) is 14.7. The zero-order valence-electron chi connectivity index (χ0n) is 14.7. The smallest absolute Gasteiger partial charge is 0.149 e. The lowest BCUT2D eigenvalue weighted by molar-refractivity contribution is 1.06. The van der Waals surface area contributed by atoms with Crippen LogP contribution in [0.3, 0.4) is 0 Å². The lowest BCUT2D eigenvalue weighted by Crippen LogP contribution is -1.96. The first-order chi connectivity index (χ1) is 12.6. The Bertz CT molecular complexity index is 1170. The highest BCUT2D eigenvalue weighted by molar-refractivity contribution is 5.90. The number of aromatic amines is 1. The second kappa shape index (κ2) is 6.38. The van der Waals surface area contributed by atoms with Crippen molar-refractivity contribution in [2.75, 3.05) is 0 Å². The summed E-state index contributed by atoms with van der Waals surface area (Å²) in [5.41, 5.74) is 6.66. The van der Waals surface area contributed by atoms with Crippen molar-refractivity contribution in [3.8, 4) is 11.8 Å². The number of allylic oxidation sites excluding steroid dienone is 1. The molecule has 0 aliphatic rings. The third kappa shape index (κ3) is 2.91. The van der Waals surface area contributed by atoms with Gasteiger partial charge in [0.1, 0.15) is 11.9 Å². The molecule has 0 unspecified atom stereocenters. The fraction of sp³-hybridized carbons (Fsp3) is 0.0909. The monoisotopic (exact) mass is 338 g/mol. The molecule has 4 heteroatoms. The number of rotatable bonds is 3. The molecule has 0 saturated carbocycles. The average molecular weight is 338 g/mol. The normalized spacial score (nSPS) is 11.7. The molecule has 4 nitrogen and oxygen atoms in total. The molecule has 26 heavy (non-hydrogen) atoms. The van der Waals surface area contributed by atoms with Crippen molar-refractivity contribution in [1.82, 2.24) is 14.5 Å². The van der Waals surface area contributed by atoms with E-state index >= 15 is 0 Å². The van der Waals surface area contributed by atoms with Gasteiger partial charge < -0.3 is 9.55 Å². The molecular weight excluding hydrogens is 320 g/mol. The summed E-state index contributed by atoms with van der Waals surface area (Å²) in [6.07, 6.45) is 3.87. The van der Waals surface area contributed by atoms with Gasteiger partial charge in [0.2, 0.25) is 0 Å². The van der Waals surface area contributed by atoms with Crippen LogP contribution < -0.4 is 0 Å². The lowest BCUT2D eigenvalue weighted by Gasteiger charge is -2.07. The van der Waals surface area contributed by atoms with E-state index in [1.807, 2.05) is 55.6 Å². The molecule has 0 bridgehead atoms. The van der Waals surface area contributed by atoms with Crippen LogP contribution in [0.5, 0.6) is 0 Å². The maximum atomic E-state index is 9.68. The highest BCUT2D eigenvalue weighted by atomic mass is 15.0. The standard InChI is InChI=1S/C22H18N4/c1-15-5-3-6-18(11-15)26-10-4-7-19(26)13-17(14-23)22-24-20-9-8-16(2)12-21(20)25-22/h3-13H,1-2H3,(H,24,25)/b17-13-. The molecule has 0 aliphatic carbocycles. The molecule has 0 amide bonds. The van der Waals surface area contributed by atoms with E-state index in [1.165, 1.54) is 5.56 Å². The number of hydrogen-bond acceptors (Lipinski definition) is 2. The SMILES string of the molecule is Cc1cccc(-n2cccc2/C=C(/C#N)c2nc3ccc(C)cc3[nH]2)c1. The number of nitrogens with zero attached hydrogens (tertiary/aromatic N) is 3. The molecule has 2 aromatic heterocycles. The van der Waals surface area contributed by atoms with Crippen molar-refractivity contribution in [3.05, 3.63) is 83.4 Å². The predicted molar refractivity (Wildman–Crippen MR) is 105 cm³/mol. The van der Waals surface area contributed by atoms with E-state index in [-0.39, 0.29) is 0 Å². The summed E-state index contributed by atoms with van der Waals surface area (Å²) in [4.78, 5) is 7.82. The Kier molecular flexibility index (Phi) is 3.91. The minimum absolute atomic E-state index is 0.506.